The summed E-state index contributed by atoms with van der Waals surface area (Å²) in [6.45, 7) is 5.25. The molecule has 0 unspecified atom stereocenters. The second-order valence-electron chi connectivity index (χ2n) is 4.34. The fraction of sp³-hybridized carbons (Fsp3) is 0.375. The third-order valence-corrected chi connectivity index (χ3v) is 2.98. The first-order valence-corrected chi connectivity index (χ1v) is 7.01. The van der Waals surface area contributed by atoms with Crippen LogP contribution in [-0.4, -0.2) is 13.2 Å². The molecular weight excluding hydrogens is 252 g/mol. The van der Waals surface area contributed by atoms with Gasteiger partial charge in [-0.05, 0) is 13.8 Å². The van der Waals surface area contributed by atoms with Crippen LogP contribution in [0.5, 0.6) is 0 Å². The molecule has 0 bridgehead atoms. The van der Waals surface area contributed by atoms with E-state index in [0.717, 1.165) is 0 Å². The standard InChI is InChI=1S/C16H22N2O2/c1-3-19-15(17-11-7-5-8-12-17)16(20-4-2)18-13-9-6-10-14-18/h5-16H,3-4H2,1-2H3/q+2/t15-,16-/m0/s1. The van der Waals surface area contributed by atoms with E-state index in [9.17, 15) is 0 Å². The molecule has 0 radical (unpaired) electrons. The molecule has 20 heavy (non-hydrogen) atoms. The molecule has 0 spiro atoms. The highest BCUT2D eigenvalue weighted by atomic mass is 16.6. The van der Waals surface area contributed by atoms with Gasteiger partial charge < -0.3 is 9.47 Å². The van der Waals surface area contributed by atoms with Crippen LogP contribution in [0.3, 0.4) is 0 Å². The first-order chi connectivity index (χ1) is 9.86. The summed E-state index contributed by atoms with van der Waals surface area (Å²) in [5, 5.41) is 0. The van der Waals surface area contributed by atoms with E-state index in [-0.39, 0.29) is 12.5 Å². The quantitative estimate of drug-likeness (QED) is 0.722. The molecule has 2 aromatic heterocycles. The lowest BCUT2D eigenvalue weighted by molar-refractivity contribution is -0.870. The molecule has 0 aliphatic carbocycles. The lowest BCUT2D eigenvalue weighted by Crippen LogP contribution is -2.54. The Balaban J connectivity index is 2.33. The van der Waals surface area contributed by atoms with Crippen LogP contribution in [0.15, 0.2) is 61.2 Å². The summed E-state index contributed by atoms with van der Waals surface area (Å²) in [5.74, 6) is 0. The smallest absolute Gasteiger partial charge is 0.314 e. The molecule has 106 valence electrons. The SMILES string of the molecule is CCO[C@@H]([C@H](OCC)[n+]1ccccc1)[n+]1ccccc1. The van der Waals surface area contributed by atoms with Gasteiger partial charge >= 0.3 is 12.5 Å². The molecule has 2 atom stereocenters. The van der Waals surface area contributed by atoms with E-state index < -0.39 is 0 Å². The normalized spacial score (nSPS) is 13.9. The summed E-state index contributed by atoms with van der Waals surface area (Å²) in [5.41, 5.74) is 0. The molecule has 2 aromatic rings. The first kappa shape index (κ1) is 14.6. The molecule has 4 heteroatoms. The molecule has 0 N–H and O–H groups in total. The molecule has 0 fully saturated rings. The second-order valence-corrected chi connectivity index (χ2v) is 4.34. The maximum atomic E-state index is 5.91. The van der Waals surface area contributed by atoms with Gasteiger partial charge in [0.25, 0.3) is 0 Å². The zero-order valence-corrected chi connectivity index (χ0v) is 12.1. The highest BCUT2D eigenvalue weighted by Gasteiger charge is 2.38. The van der Waals surface area contributed by atoms with Gasteiger partial charge in [0.05, 0.1) is 13.2 Å². The number of hydrogen-bond donors (Lipinski definition) is 0. The molecule has 0 saturated heterocycles. The van der Waals surface area contributed by atoms with E-state index in [0.29, 0.717) is 13.2 Å². The molecule has 2 rings (SSSR count). The maximum absolute atomic E-state index is 5.91. The Hall–Kier alpha value is -1.78. The van der Waals surface area contributed by atoms with Gasteiger partial charge in [0, 0.05) is 24.3 Å². The summed E-state index contributed by atoms with van der Waals surface area (Å²) in [6.07, 6.45) is 7.58. The lowest BCUT2D eigenvalue weighted by Gasteiger charge is -2.18. The van der Waals surface area contributed by atoms with Gasteiger partial charge in [-0.15, -0.1) is 0 Å². The van der Waals surface area contributed by atoms with Crippen molar-refractivity contribution < 1.29 is 18.6 Å². The fourth-order valence-corrected chi connectivity index (χ4v) is 2.14. The summed E-state index contributed by atoms with van der Waals surface area (Å²) in [7, 11) is 0. The summed E-state index contributed by atoms with van der Waals surface area (Å²) in [6, 6.07) is 11.9. The van der Waals surface area contributed by atoms with Gasteiger partial charge in [-0.25, -0.2) is 0 Å². The van der Waals surface area contributed by atoms with Crippen molar-refractivity contribution in [3.63, 3.8) is 0 Å². The van der Waals surface area contributed by atoms with Crippen LogP contribution < -0.4 is 9.13 Å². The summed E-state index contributed by atoms with van der Waals surface area (Å²) < 4.78 is 15.9. The van der Waals surface area contributed by atoms with Crippen LogP contribution in [-0.2, 0) is 9.47 Å². The highest BCUT2D eigenvalue weighted by Crippen LogP contribution is 2.15. The molecule has 0 saturated carbocycles. The van der Waals surface area contributed by atoms with Crippen LogP contribution in [0, 0.1) is 0 Å². The minimum absolute atomic E-state index is 0.200. The number of rotatable bonds is 7. The van der Waals surface area contributed by atoms with Crippen LogP contribution in [0.4, 0.5) is 0 Å². The van der Waals surface area contributed by atoms with Gasteiger partial charge in [0.1, 0.15) is 0 Å². The predicted molar refractivity (Wildman–Crippen MR) is 74.6 cm³/mol. The van der Waals surface area contributed by atoms with Crippen molar-refractivity contribution in [3.8, 4) is 0 Å². The van der Waals surface area contributed by atoms with E-state index in [1.165, 1.54) is 0 Å². The van der Waals surface area contributed by atoms with E-state index >= 15 is 0 Å². The number of nitrogens with zero attached hydrogens (tertiary/aromatic N) is 2. The number of hydrogen-bond acceptors (Lipinski definition) is 2. The van der Waals surface area contributed by atoms with Gasteiger partial charge in [0.2, 0.25) is 0 Å². The molecule has 2 heterocycles. The molecule has 0 aromatic carbocycles. The Morgan fingerprint density at radius 2 is 1.00 bits per heavy atom. The Kier molecular flexibility index (Phi) is 5.65. The van der Waals surface area contributed by atoms with E-state index in [4.69, 9.17) is 9.47 Å². The van der Waals surface area contributed by atoms with Gasteiger partial charge in [-0.1, -0.05) is 12.1 Å². The average molecular weight is 274 g/mol. The zero-order chi connectivity index (χ0) is 14.2. The first-order valence-electron chi connectivity index (χ1n) is 7.01. The largest absolute Gasteiger partial charge is 0.353 e. The minimum atomic E-state index is -0.200. The van der Waals surface area contributed by atoms with Crippen LogP contribution in [0.2, 0.25) is 0 Å². The highest BCUT2D eigenvalue weighted by molar-refractivity contribution is 4.85. The molecule has 0 aliphatic rings. The van der Waals surface area contributed by atoms with Crippen molar-refractivity contribution in [2.45, 2.75) is 26.3 Å². The zero-order valence-electron chi connectivity index (χ0n) is 12.1. The van der Waals surface area contributed by atoms with Gasteiger partial charge in [-0.2, -0.15) is 9.13 Å². The monoisotopic (exact) mass is 274 g/mol. The van der Waals surface area contributed by atoms with Crippen molar-refractivity contribution in [3.05, 3.63) is 61.2 Å². The fourth-order valence-electron chi connectivity index (χ4n) is 2.14. The van der Waals surface area contributed by atoms with Crippen molar-refractivity contribution in [2.75, 3.05) is 13.2 Å². The van der Waals surface area contributed by atoms with Crippen molar-refractivity contribution in [2.24, 2.45) is 0 Å². The summed E-state index contributed by atoms with van der Waals surface area (Å²) >= 11 is 0. The molecule has 0 amide bonds. The van der Waals surface area contributed by atoms with Gasteiger partial charge in [0.15, 0.2) is 24.8 Å². The number of pyridine rings is 2. The predicted octanol–water partition coefficient (Wildman–Crippen LogP) is 2.03. The molecule has 4 nitrogen and oxygen atoms in total. The van der Waals surface area contributed by atoms with Crippen molar-refractivity contribution in [1.29, 1.82) is 0 Å². The van der Waals surface area contributed by atoms with Crippen LogP contribution >= 0.6 is 0 Å². The second kappa shape index (κ2) is 7.72. The Morgan fingerprint density at radius 3 is 1.30 bits per heavy atom. The van der Waals surface area contributed by atoms with E-state index in [1.54, 1.807) is 0 Å². The van der Waals surface area contributed by atoms with Gasteiger partial charge in [-0.3, -0.25) is 0 Å². The summed E-state index contributed by atoms with van der Waals surface area (Å²) in [4.78, 5) is 0. The number of aromatic nitrogens is 2. The maximum Gasteiger partial charge on any atom is 0.353 e. The Bertz CT molecular complexity index is 443. The molecule has 0 aliphatic heterocycles. The van der Waals surface area contributed by atoms with E-state index in [1.807, 2.05) is 84.2 Å². The van der Waals surface area contributed by atoms with Crippen LogP contribution in [0.1, 0.15) is 26.3 Å². The third kappa shape index (κ3) is 3.62. The topological polar surface area (TPSA) is 26.2 Å². The number of ether oxygens (including phenoxy) is 2. The van der Waals surface area contributed by atoms with Crippen LogP contribution in [0.25, 0.3) is 0 Å². The lowest BCUT2D eigenvalue weighted by atomic mass is 10.3. The Labute approximate surface area is 120 Å². The minimum Gasteiger partial charge on any atom is -0.314 e. The average Bonchev–Trinajstić information content (AvgIpc) is 2.52. The van der Waals surface area contributed by atoms with E-state index in [2.05, 4.69) is 0 Å². The Morgan fingerprint density at radius 1 is 0.650 bits per heavy atom. The molecular formula is C16H22N2O2+2. The van der Waals surface area contributed by atoms with Crippen molar-refractivity contribution in [1.82, 2.24) is 0 Å². The third-order valence-electron chi connectivity index (χ3n) is 2.98. The van der Waals surface area contributed by atoms with Crippen molar-refractivity contribution >= 4 is 0 Å².